The Morgan fingerprint density at radius 3 is 2.57 bits per heavy atom. The molecule has 0 bridgehead atoms. The summed E-state index contributed by atoms with van der Waals surface area (Å²) in [5.74, 6) is 0.0241. The molecule has 0 unspecified atom stereocenters. The molecule has 0 aliphatic heterocycles. The van der Waals surface area contributed by atoms with Crippen LogP contribution in [0.3, 0.4) is 0 Å². The van der Waals surface area contributed by atoms with Gasteiger partial charge in [-0.1, -0.05) is 25.0 Å². The molecule has 1 fully saturated rings. The minimum absolute atomic E-state index is 0.233. The SMILES string of the molecule is CCOc1ccc(/C=C/C(=O)OCC(=O)NC2CCCC2)cc1. The Hall–Kier alpha value is -2.30. The van der Waals surface area contributed by atoms with E-state index in [0.717, 1.165) is 37.0 Å². The number of carbonyl (C=O) groups is 2. The molecule has 0 radical (unpaired) electrons. The summed E-state index contributed by atoms with van der Waals surface area (Å²) < 4.78 is 10.3. The number of carbonyl (C=O) groups excluding carboxylic acids is 2. The van der Waals surface area contributed by atoms with E-state index in [-0.39, 0.29) is 18.6 Å². The lowest BCUT2D eigenvalue weighted by atomic mass is 10.2. The lowest BCUT2D eigenvalue weighted by Crippen LogP contribution is -2.35. The fourth-order valence-electron chi connectivity index (χ4n) is 2.53. The summed E-state index contributed by atoms with van der Waals surface area (Å²) in [4.78, 5) is 23.3. The maximum atomic E-state index is 11.7. The van der Waals surface area contributed by atoms with Gasteiger partial charge in [0.15, 0.2) is 6.61 Å². The fraction of sp³-hybridized carbons (Fsp3) is 0.444. The van der Waals surface area contributed by atoms with E-state index in [0.29, 0.717) is 6.61 Å². The van der Waals surface area contributed by atoms with Crippen molar-refractivity contribution in [3.8, 4) is 5.75 Å². The largest absolute Gasteiger partial charge is 0.494 e. The molecule has 1 aromatic rings. The fourth-order valence-corrected chi connectivity index (χ4v) is 2.53. The third-order valence-electron chi connectivity index (χ3n) is 3.67. The predicted octanol–water partition coefficient (Wildman–Crippen LogP) is 2.70. The van der Waals surface area contributed by atoms with Gasteiger partial charge < -0.3 is 14.8 Å². The first-order valence-electron chi connectivity index (χ1n) is 8.04. The number of nitrogens with one attached hydrogen (secondary N) is 1. The highest BCUT2D eigenvalue weighted by Crippen LogP contribution is 2.17. The van der Waals surface area contributed by atoms with Crippen LogP contribution >= 0.6 is 0 Å². The summed E-state index contributed by atoms with van der Waals surface area (Å²) in [5, 5.41) is 2.87. The van der Waals surface area contributed by atoms with Crippen molar-refractivity contribution in [3.63, 3.8) is 0 Å². The summed E-state index contributed by atoms with van der Waals surface area (Å²) in [6.45, 7) is 2.31. The highest BCUT2D eigenvalue weighted by atomic mass is 16.5. The first-order valence-corrected chi connectivity index (χ1v) is 8.04. The molecule has 0 atom stereocenters. The minimum atomic E-state index is -0.527. The quantitative estimate of drug-likeness (QED) is 0.620. The van der Waals surface area contributed by atoms with Crippen LogP contribution in [0.1, 0.15) is 38.2 Å². The van der Waals surface area contributed by atoms with Crippen LogP contribution in [0.15, 0.2) is 30.3 Å². The van der Waals surface area contributed by atoms with Gasteiger partial charge in [-0.05, 0) is 43.5 Å². The zero-order chi connectivity index (χ0) is 16.5. The highest BCUT2D eigenvalue weighted by Gasteiger charge is 2.17. The molecule has 5 heteroatoms. The number of esters is 1. The van der Waals surface area contributed by atoms with Gasteiger partial charge in [0.25, 0.3) is 5.91 Å². The first kappa shape index (κ1) is 17.1. The molecule has 1 N–H and O–H groups in total. The Morgan fingerprint density at radius 2 is 1.91 bits per heavy atom. The van der Waals surface area contributed by atoms with Gasteiger partial charge in [-0.25, -0.2) is 4.79 Å². The van der Waals surface area contributed by atoms with Crippen molar-refractivity contribution in [2.45, 2.75) is 38.6 Å². The lowest BCUT2D eigenvalue weighted by molar-refractivity contribution is -0.144. The van der Waals surface area contributed by atoms with E-state index in [1.54, 1.807) is 6.08 Å². The molecule has 124 valence electrons. The monoisotopic (exact) mass is 317 g/mol. The van der Waals surface area contributed by atoms with E-state index in [1.807, 2.05) is 31.2 Å². The maximum absolute atomic E-state index is 11.7. The second kappa shape index (κ2) is 8.98. The molecule has 1 aromatic carbocycles. The van der Waals surface area contributed by atoms with Crippen molar-refractivity contribution < 1.29 is 19.1 Å². The number of hydrogen-bond donors (Lipinski definition) is 1. The number of rotatable bonds is 7. The van der Waals surface area contributed by atoms with Crippen LogP contribution in [-0.4, -0.2) is 31.1 Å². The molecule has 1 saturated carbocycles. The summed E-state index contributed by atoms with van der Waals surface area (Å²) in [6, 6.07) is 7.61. The van der Waals surface area contributed by atoms with Crippen LogP contribution in [0.4, 0.5) is 0 Å². The second-order valence-corrected chi connectivity index (χ2v) is 5.49. The predicted molar refractivity (Wildman–Crippen MR) is 88.0 cm³/mol. The normalized spacial score (nSPS) is 14.8. The zero-order valence-corrected chi connectivity index (χ0v) is 13.4. The third kappa shape index (κ3) is 6.14. The average molecular weight is 317 g/mol. The molecule has 23 heavy (non-hydrogen) atoms. The maximum Gasteiger partial charge on any atom is 0.331 e. The molecule has 0 heterocycles. The van der Waals surface area contributed by atoms with Crippen LogP contribution in [0.5, 0.6) is 5.75 Å². The average Bonchev–Trinajstić information content (AvgIpc) is 3.05. The van der Waals surface area contributed by atoms with Gasteiger partial charge in [0.2, 0.25) is 0 Å². The van der Waals surface area contributed by atoms with Crippen LogP contribution in [-0.2, 0) is 14.3 Å². The van der Waals surface area contributed by atoms with Gasteiger partial charge in [-0.15, -0.1) is 0 Å². The summed E-state index contributed by atoms with van der Waals surface area (Å²) in [6.07, 6.45) is 7.28. The molecular formula is C18H23NO4. The van der Waals surface area contributed by atoms with Gasteiger partial charge >= 0.3 is 5.97 Å². The Kier molecular flexibility index (Phi) is 6.66. The van der Waals surface area contributed by atoms with Gasteiger partial charge in [-0.2, -0.15) is 0 Å². The molecule has 0 aromatic heterocycles. The summed E-state index contributed by atoms with van der Waals surface area (Å²) in [7, 11) is 0. The smallest absolute Gasteiger partial charge is 0.331 e. The molecule has 2 rings (SSSR count). The van der Waals surface area contributed by atoms with Gasteiger partial charge in [0.05, 0.1) is 6.61 Å². The summed E-state index contributed by atoms with van der Waals surface area (Å²) >= 11 is 0. The Bertz CT molecular complexity index is 545. The van der Waals surface area contributed by atoms with E-state index in [4.69, 9.17) is 9.47 Å². The van der Waals surface area contributed by atoms with Crippen LogP contribution in [0.25, 0.3) is 6.08 Å². The van der Waals surface area contributed by atoms with Gasteiger partial charge in [0.1, 0.15) is 5.75 Å². The number of hydrogen-bond acceptors (Lipinski definition) is 4. The molecule has 0 spiro atoms. The van der Waals surface area contributed by atoms with Crippen molar-refractivity contribution in [3.05, 3.63) is 35.9 Å². The van der Waals surface area contributed by atoms with Crippen molar-refractivity contribution in [1.29, 1.82) is 0 Å². The molecule has 0 saturated heterocycles. The molecule has 1 aliphatic carbocycles. The molecular weight excluding hydrogens is 294 g/mol. The van der Waals surface area contributed by atoms with Crippen molar-refractivity contribution in [2.24, 2.45) is 0 Å². The van der Waals surface area contributed by atoms with E-state index in [2.05, 4.69) is 5.32 Å². The molecule has 1 amide bonds. The topological polar surface area (TPSA) is 64.6 Å². The van der Waals surface area contributed by atoms with Crippen LogP contribution in [0, 0.1) is 0 Å². The Balaban J connectivity index is 1.71. The summed E-state index contributed by atoms with van der Waals surface area (Å²) in [5.41, 5.74) is 0.862. The van der Waals surface area contributed by atoms with Gasteiger partial charge in [0, 0.05) is 12.1 Å². The standard InChI is InChI=1S/C18H23NO4/c1-2-22-16-10-7-14(8-11-16)9-12-18(21)23-13-17(20)19-15-5-3-4-6-15/h7-12,15H,2-6,13H2,1H3,(H,19,20)/b12-9+. The Labute approximate surface area is 136 Å². The number of benzene rings is 1. The Morgan fingerprint density at radius 1 is 1.22 bits per heavy atom. The number of ether oxygens (including phenoxy) is 2. The molecule has 1 aliphatic rings. The third-order valence-corrected chi connectivity index (χ3v) is 3.67. The van der Waals surface area contributed by atoms with Crippen LogP contribution < -0.4 is 10.1 Å². The van der Waals surface area contributed by atoms with Crippen molar-refractivity contribution in [1.82, 2.24) is 5.32 Å². The van der Waals surface area contributed by atoms with E-state index in [9.17, 15) is 9.59 Å². The van der Waals surface area contributed by atoms with Gasteiger partial charge in [-0.3, -0.25) is 4.79 Å². The lowest BCUT2D eigenvalue weighted by Gasteiger charge is -2.11. The minimum Gasteiger partial charge on any atom is -0.494 e. The zero-order valence-electron chi connectivity index (χ0n) is 13.4. The first-order chi connectivity index (χ1) is 11.2. The second-order valence-electron chi connectivity index (χ2n) is 5.49. The van der Waals surface area contributed by atoms with Crippen molar-refractivity contribution in [2.75, 3.05) is 13.2 Å². The van der Waals surface area contributed by atoms with E-state index in [1.165, 1.54) is 6.08 Å². The highest BCUT2D eigenvalue weighted by molar-refractivity contribution is 5.89. The van der Waals surface area contributed by atoms with Crippen molar-refractivity contribution >= 4 is 18.0 Å². The molecule has 5 nitrogen and oxygen atoms in total. The van der Waals surface area contributed by atoms with E-state index < -0.39 is 5.97 Å². The number of amides is 1. The van der Waals surface area contributed by atoms with E-state index >= 15 is 0 Å². The van der Waals surface area contributed by atoms with Crippen LogP contribution in [0.2, 0.25) is 0 Å².